The molecular formula is C15H17Cl2NO. The van der Waals surface area contributed by atoms with E-state index in [-0.39, 0.29) is 5.78 Å². The van der Waals surface area contributed by atoms with E-state index in [1.807, 2.05) is 0 Å². The number of halogens is 2. The van der Waals surface area contributed by atoms with Crippen LogP contribution in [-0.2, 0) is 0 Å². The second-order valence-electron chi connectivity index (χ2n) is 4.86. The monoisotopic (exact) mass is 297 g/mol. The molecule has 0 atom stereocenters. The zero-order chi connectivity index (χ0) is 13.8. The first-order chi connectivity index (χ1) is 9.09. The van der Waals surface area contributed by atoms with Crippen LogP contribution >= 0.6 is 23.2 Å². The fourth-order valence-corrected chi connectivity index (χ4v) is 2.79. The Morgan fingerprint density at radius 2 is 1.68 bits per heavy atom. The Balaban J connectivity index is 2.27. The number of rotatable bonds is 2. The van der Waals surface area contributed by atoms with Gasteiger partial charge < -0.3 is 5.73 Å². The Bertz CT molecular complexity index is 500. The van der Waals surface area contributed by atoms with Gasteiger partial charge >= 0.3 is 0 Å². The number of nitrogens with two attached hydrogens (primary N) is 1. The number of Topliss-reactive ketones (excluding diaryl/α,β-unsaturated/α-hetero) is 1. The smallest absolute Gasteiger partial charge is 0.188 e. The van der Waals surface area contributed by atoms with Crippen molar-refractivity contribution in [3.8, 4) is 0 Å². The van der Waals surface area contributed by atoms with Crippen LogP contribution in [0.2, 0.25) is 10.0 Å². The highest BCUT2D eigenvalue weighted by atomic mass is 35.5. The largest absolute Gasteiger partial charge is 0.396 e. The van der Waals surface area contributed by atoms with Gasteiger partial charge in [-0.3, -0.25) is 4.79 Å². The predicted octanol–water partition coefficient (Wildman–Crippen LogP) is 5.04. The van der Waals surface area contributed by atoms with Crippen LogP contribution in [0.15, 0.2) is 23.8 Å². The molecule has 0 saturated carbocycles. The van der Waals surface area contributed by atoms with Crippen LogP contribution in [0.1, 0.15) is 48.9 Å². The second-order valence-corrected chi connectivity index (χ2v) is 5.68. The molecule has 2 N–H and O–H groups in total. The molecule has 102 valence electrons. The molecule has 19 heavy (non-hydrogen) atoms. The van der Waals surface area contributed by atoms with E-state index in [9.17, 15) is 4.79 Å². The van der Waals surface area contributed by atoms with Crippen LogP contribution in [0, 0.1) is 0 Å². The second kappa shape index (κ2) is 6.44. The summed E-state index contributed by atoms with van der Waals surface area (Å²) < 4.78 is 0. The summed E-state index contributed by atoms with van der Waals surface area (Å²) in [5.74, 6) is 0.0192. The van der Waals surface area contributed by atoms with Crippen molar-refractivity contribution in [1.82, 2.24) is 0 Å². The molecule has 0 fully saturated rings. The van der Waals surface area contributed by atoms with E-state index in [0.29, 0.717) is 21.3 Å². The standard InChI is InChI=1S/C15H17Cl2NO/c16-12-8-11(9-13(17)14(12)18)15(19)10-6-4-2-1-3-5-7-10/h6,8-9H,1-5,7,18H2. The van der Waals surface area contributed by atoms with Gasteiger partial charge in [-0.1, -0.05) is 42.1 Å². The molecule has 2 rings (SSSR count). The molecule has 0 bridgehead atoms. The Morgan fingerprint density at radius 3 is 2.37 bits per heavy atom. The molecule has 1 aliphatic carbocycles. The highest BCUT2D eigenvalue weighted by Crippen LogP contribution is 2.30. The number of nitrogen functional groups attached to an aromatic ring is 1. The number of anilines is 1. The summed E-state index contributed by atoms with van der Waals surface area (Å²) in [5, 5.41) is 0.671. The molecule has 1 aromatic carbocycles. The summed E-state index contributed by atoms with van der Waals surface area (Å²) in [5.41, 5.74) is 7.41. The lowest BCUT2D eigenvalue weighted by Gasteiger charge is -2.11. The van der Waals surface area contributed by atoms with Crippen molar-refractivity contribution in [3.05, 3.63) is 39.4 Å². The number of carbonyl (C=O) groups is 1. The molecule has 0 aromatic heterocycles. The fourth-order valence-electron chi connectivity index (χ4n) is 2.30. The van der Waals surface area contributed by atoms with Crippen molar-refractivity contribution in [2.24, 2.45) is 0 Å². The lowest BCUT2D eigenvalue weighted by molar-refractivity contribution is 0.102. The number of carbonyl (C=O) groups excluding carboxylic acids is 1. The minimum Gasteiger partial charge on any atom is -0.396 e. The van der Waals surface area contributed by atoms with Crippen molar-refractivity contribution < 1.29 is 4.79 Å². The van der Waals surface area contributed by atoms with Gasteiger partial charge in [0.05, 0.1) is 15.7 Å². The van der Waals surface area contributed by atoms with Gasteiger partial charge in [0.25, 0.3) is 0 Å². The topological polar surface area (TPSA) is 43.1 Å². The normalized spacial score (nSPS) is 16.4. The van der Waals surface area contributed by atoms with Crippen molar-refractivity contribution in [2.45, 2.75) is 38.5 Å². The average molecular weight is 298 g/mol. The first-order valence-electron chi connectivity index (χ1n) is 6.58. The van der Waals surface area contributed by atoms with Gasteiger partial charge in [-0.25, -0.2) is 0 Å². The molecule has 0 unspecified atom stereocenters. The summed E-state index contributed by atoms with van der Waals surface area (Å²) in [7, 11) is 0. The third kappa shape index (κ3) is 3.52. The van der Waals surface area contributed by atoms with Crippen LogP contribution in [0.5, 0.6) is 0 Å². The molecule has 2 nitrogen and oxygen atoms in total. The Hall–Kier alpha value is -0.990. The van der Waals surface area contributed by atoms with E-state index in [2.05, 4.69) is 6.08 Å². The third-order valence-corrected chi connectivity index (χ3v) is 4.05. The van der Waals surface area contributed by atoms with Crippen LogP contribution in [0.25, 0.3) is 0 Å². The van der Waals surface area contributed by atoms with Gasteiger partial charge in [0.2, 0.25) is 0 Å². The predicted molar refractivity (Wildman–Crippen MR) is 81.0 cm³/mol. The maximum atomic E-state index is 12.5. The third-order valence-electron chi connectivity index (χ3n) is 3.42. The number of ketones is 1. The van der Waals surface area contributed by atoms with Gasteiger partial charge in [-0.2, -0.15) is 0 Å². The summed E-state index contributed by atoms with van der Waals surface area (Å²) in [6, 6.07) is 3.20. The zero-order valence-corrected chi connectivity index (χ0v) is 12.2. The first-order valence-corrected chi connectivity index (χ1v) is 7.33. The SMILES string of the molecule is Nc1c(Cl)cc(C(=O)C2=CCCCCCC2)cc1Cl. The summed E-state index contributed by atoms with van der Waals surface area (Å²) in [6.45, 7) is 0. The number of allylic oxidation sites excluding steroid dienone is 2. The number of hydrogen-bond donors (Lipinski definition) is 1. The molecule has 0 radical (unpaired) electrons. The molecule has 0 amide bonds. The van der Waals surface area contributed by atoms with Crippen LogP contribution in [0.3, 0.4) is 0 Å². The lowest BCUT2D eigenvalue weighted by Crippen LogP contribution is -2.06. The summed E-state index contributed by atoms with van der Waals surface area (Å²) >= 11 is 12.0. The van der Waals surface area contributed by atoms with Gasteiger partial charge in [-0.05, 0) is 43.4 Å². The molecule has 0 aliphatic heterocycles. The minimum atomic E-state index is 0.0192. The first kappa shape index (κ1) is 14.4. The van der Waals surface area contributed by atoms with Gasteiger partial charge in [-0.15, -0.1) is 0 Å². The highest BCUT2D eigenvalue weighted by Gasteiger charge is 2.16. The molecule has 0 spiro atoms. The van der Waals surface area contributed by atoms with E-state index < -0.39 is 0 Å². The quantitative estimate of drug-likeness (QED) is 0.614. The van der Waals surface area contributed by atoms with Gasteiger partial charge in [0.15, 0.2) is 5.78 Å². The number of benzene rings is 1. The van der Waals surface area contributed by atoms with Crippen molar-refractivity contribution in [1.29, 1.82) is 0 Å². The molecule has 1 aromatic rings. The fraction of sp³-hybridized carbons (Fsp3) is 0.400. The van der Waals surface area contributed by atoms with Crippen LogP contribution in [0.4, 0.5) is 5.69 Å². The van der Waals surface area contributed by atoms with E-state index in [0.717, 1.165) is 31.3 Å². The maximum Gasteiger partial charge on any atom is 0.188 e. The summed E-state index contributed by atoms with van der Waals surface area (Å²) in [6.07, 6.45) is 8.51. The Labute approximate surface area is 123 Å². The van der Waals surface area contributed by atoms with Crippen LogP contribution < -0.4 is 5.73 Å². The zero-order valence-electron chi connectivity index (χ0n) is 10.7. The molecule has 1 aliphatic rings. The van der Waals surface area contributed by atoms with Gasteiger partial charge in [0.1, 0.15) is 0 Å². The maximum absolute atomic E-state index is 12.5. The van der Waals surface area contributed by atoms with E-state index >= 15 is 0 Å². The van der Waals surface area contributed by atoms with Crippen molar-refractivity contribution in [2.75, 3.05) is 5.73 Å². The summed E-state index contributed by atoms with van der Waals surface area (Å²) in [4.78, 5) is 12.5. The van der Waals surface area contributed by atoms with Gasteiger partial charge in [0, 0.05) is 5.56 Å². The van der Waals surface area contributed by atoms with E-state index in [1.54, 1.807) is 12.1 Å². The number of hydrogen-bond acceptors (Lipinski definition) is 2. The molecular weight excluding hydrogens is 281 g/mol. The molecule has 0 saturated heterocycles. The van der Waals surface area contributed by atoms with Crippen LogP contribution in [-0.4, -0.2) is 5.78 Å². The van der Waals surface area contributed by atoms with E-state index in [1.165, 1.54) is 12.8 Å². The van der Waals surface area contributed by atoms with E-state index in [4.69, 9.17) is 28.9 Å². The minimum absolute atomic E-state index is 0.0192. The average Bonchev–Trinajstić information content (AvgIpc) is 2.34. The highest BCUT2D eigenvalue weighted by molar-refractivity contribution is 6.39. The Morgan fingerprint density at radius 1 is 1.05 bits per heavy atom. The van der Waals surface area contributed by atoms with Crippen molar-refractivity contribution in [3.63, 3.8) is 0 Å². The molecule has 4 heteroatoms. The molecule has 0 heterocycles. The van der Waals surface area contributed by atoms with Crippen molar-refractivity contribution >= 4 is 34.7 Å². The Kier molecular flexibility index (Phi) is 4.89. The lowest BCUT2D eigenvalue weighted by atomic mass is 9.94.